The molecule has 0 amide bonds. The lowest BCUT2D eigenvalue weighted by molar-refractivity contribution is -0.149. The Morgan fingerprint density at radius 1 is 1.35 bits per heavy atom. The van der Waals surface area contributed by atoms with E-state index < -0.39 is 5.54 Å². The number of hydrogen-bond acceptors (Lipinski definition) is 4. The van der Waals surface area contributed by atoms with Crippen molar-refractivity contribution < 1.29 is 9.53 Å². The molecule has 20 heavy (non-hydrogen) atoms. The molecule has 1 aliphatic carbocycles. The van der Waals surface area contributed by atoms with E-state index >= 15 is 0 Å². The van der Waals surface area contributed by atoms with Crippen LogP contribution in [-0.2, 0) is 9.53 Å². The summed E-state index contributed by atoms with van der Waals surface area (Å²) in [5.74, 6) is -0.166. The molecule has 4 heteroatoms. The molecule has 1 rings (SSSR count). The third-order valence-electron chi connectivity index (χ3n) is 4.26. The first-order valence-electron chi connectivity index (χ1n) is 8.03. The Balaban J connectivity index is 2.76. The van der Waals surface area contributed by atoms with Crippen LogP contribution in [0.1, 0.15) is 59.8 Å². The van der Waals surface area contributed by atoms with Crippen molar-refractivity contribution in [2.45, 2.75) is 77.4 Å². The van der Waals surface area contributed by atoms with E-state index in [4.69, 9.17) is 4.74 Å². The zero-order chi connectivity index (χ0) is 15.2. The van der Waals surface area contributed by atoms with Gasteiger partial charge in [-0.05, 0) is 40.2 Å². The first-order chi connectivity index (χ1) is 9.42. The maximum Gasteiger partial charge on any atom is 0.327 e. The van der Waals surface area contributed by atoms with E-state index in [9.17, 15) is 4.79 Å². The molecule has 0 aromatic carbocycles. The van der Waals surface area contributed by atoms with Gasteiger partial charge in [-0.2, -0.15) is 0 Å². The van der Waals surface area contributed by atoms with Crippen LogP contribution in [0.15, 0.2) is 0 Å². The summed E-state index contributed by atoms with van der Waals surface area (Å²) in [4.78, 5) is 14.6. The predicted molar refractivity (Wildman–Crippen MR) is 82.8 cm³/mol. The fraction of sp³-hybridized carbons (Fsp3) is 0.938. The van der Waals surface area contributed by atoms with Crippen molar-refractivity contribution >= 4 is 5.97 Å². The molecular formula is C16H32N2O2. The van der Waals surface area contributed by atoms with E-state index in [1.165, 1.54) is 39.2 Å². The molecule has 1 fully saturated rings. The summed E-state index contributed by atoms with van der Waals surface area (Å²) in [6, 6.07) is 0.871. The van der Waals surface area contributed by atoms with Crippen LogP contribution in [0.5, 0.6) is 0 Å². The Morgan fingerprint density at radius 3 is 2.40 bits per heavy atom. The molecule has 1 unspecified atom stereocenters. The molecule has 1 atom stereocenters. The minimum Gasteiger partial charge on any atom is -0.468 e. The summed E-state index contributed by atoms with van der Waals surface area (Å²) < 4.78 is 5.02. The minimum absolute atomic E-state index is 0.166. The number of nitrogens with one attached hydrogen (secondary N) is 1. The summed E-state index contributed by atoms with van der Waals surface area (Å²) in [6.07, 6.45) is 6.49. The summed E-state index contributed by atoms with van der Waals surface area (Å²) in [5.41, 5.74) is -0.629. The van der Waals surface area contributed by atoms with Gasteiger partial charge in [0.25, 0.3) is 0 Å². The summed E-state index contributed by atoms with van der Waals surface area (Å²) in [5, 5.41) is 3.39. The monoisotopic (exact) mass is 284 g/mol. The van der Waals surface area contributed by atoms with Gasteiger partial charge in [-0.25, -0.2) is 0 Å². The van der Waals surface area contributed by atoms with Crippen LogP contribution >= 0.6 is 0 Å². The molecule has 0 saturated heterocycles. The van der Waals surface area contributed by atoms with E-state index in [1.807, 2.05) is 6.92 Å². The second-order valence-corrected chi connectivity index (χ2v) is 6.48. The summed E-state index contributed by atoms with van der Waals surface area (Å²) in [6.45, 7) is 9.98. The van der Waals surface area contributed by atoms with Crippen molar-refractivity contribution in [3.05, 3.63) is 0 Å². The van der Waals surface area contributed by atoms with Crippen LogP contribution in [0.25, 0.3) is 0 Å². The van der Waals surface area contributed by atoms with Gasteiger partial charge in [0.15, 0.2) is 0 Å². The van der Waals surface area contributed by atoms with Crippen molar-refractivity contribution in [2.24, 2.45) is 0 Å². The van der Waals surface area contributed by atoms with Gasteiger partial charge in [-0.3, -0.25) is 15.0 Å². The maximum absolute atomic E-state index is 12.2. The molecule has 0 bridgehead atoms. The van der Waals surface area contributed by atoms with Crippen molar-refractivity contribution in [1.82, 2.24) is 10.2 Å². The minimum atomic E-state index is -0.629. The van der Waals surface area contributed by atoms with Crippen molar-refractivity contribution in [2.75, 3.05) is 20.2 Å². The van der Waals surface area contributed by atoms with E-state index in [2.05, 4.69) is 31.0 Å². The number of likely N-dealkylation sites (N-methyl/N-ethyl adjacent to an activating group) is 1. The standard InChI is InChI=1S/C16H32N2O2/c1-6-18(14-10-8-7-9-11-14)12-16(4,15(19)20-5)17-13(2)3/h13-14,17H,6-12H2,1-5H3. The Kier molecular flexibility index (Phi) is 6.96. The van der Waals surface area contributed by atoms with E-state index in [0.717, 1.165) is 13.1 Å². The number of carbonyl (C=O) groups excluding carboxylic acids is 1. The second kappa shape index (κ2) is 7.99. The van der Waals surface area contributed by atoms with Gasteiger partial charge in [-0.1, -0.05) is 26.2 Å². The van der Waals surface area contributed by atoms with Gasteiger partial charge in [0.2, 0.25) is 0 Å². The van der Waals surface area contributed by atoms with E-state index in [1.54, 1.807) is 0 Å². The van der Waals surface area contributed by atoms with Gasteiger partial charge >= 0.3 is 5.97 Å². The molecule has 0 aromatic rings. The summed E-state index contributed by atoms with van der Waals surface area (Å²) >= 11 is 0. The van der Waals surface area contributed by atoms with Gasteiger partial charge < -0.3 is 4.74 Å². The molecule has 1 N–H and O–H groups in total. The highest BCUT2D eigenvalue weighted by molar-refractivity contribution is 5.80. The number of esters is 1. The van der Waals surface area contributed by atoms with Crippen LogP contribution < -0.4 is 5.32 Å². The second-order valence-electron chi connectivity index (χ2n) is 6.48. The fourth-order valence-corrected chi connectivity index (χ4v) is 3.38. The van der Waals surface area contributed by atoms with Crippen molar-refractivity contribution in [1.29, 1.82) is 0 Å². The molecular weight excluding hydrogens is 252 g/mol. The van der Waals surface area contributed by atoms with Crippen LogP contribution in [0.3, 0.4) is 0 Å². The zero-order valence-corrected chi connectivity index (χ0v) is 13.9. The average Bonchev–Trinajstić information content (AvgIpc) is 2.44. The van der Waals surface area contributed by atoms with Crippen LogP contribution in [0, 0.1) is 0 Å². The molecule has 0 spiro atoms. The Morgan fingerprint density at radius 2 is 1.95 bits per heavy atom. The maximum atomic E-state index is 12.2. The SMILES string of the molecule is CCN(CC(C)(NC(C)C)C(=O)OC)C1CCCCC1. The molecule has 0 aromatic heterocycles. The molecule has 0 aliphatic heterocycles. The third kappa shape index (κ3) is 4.74. The largest absolute Gasteiger partial charge is 0.468 e. The fourth-order valence-electron chi connectivity index (χ4n) is 3.38. The average molecular weight is 284 g/mol. The Labute approximate surface area is 124 Å². The number of nitrogens with zero attached hydrogens (tertiary/aromatic N) is 1. The quantitative estimate of drug-likeness (QED) is 0.730. The van der Waals surface area contributed by atoms with E-state index in [0.29, 0.717) is 6.04 Å². The van der Waals surface area contributed by atoms with Crippen LogP contribution in [0.2, 0.25) is 0 Å². The van der Waals surface area contributed by atoms with Gasteiger partial charge in [0.1, 0.15) is 5.54 Å². The highest BCUT2D eigenvalue weighted by atomic mass is 16.5. The first kappa shape index (κ1) is 17.4. The lowest BCUT2D eigenvalue weighted by atomic mass is 9.92. The smallest absolute Gasteiger partial charge is 0.327 e. The number of rotatable bonds is 7. The lowest BCUT2D eigenvalue weighted by Crippen LogP contribution is -2.60. The van der Waals surface area contributed by atoms with E-state index in [-0.39, 0.29) is 12.0 Å². The number of hydrogen-bond donors (Lipinski definition) is 1. The van der Waals surface area contributed by atoms with Gasteiger partial charge in [0, 0.05) is 18.6 Å². The molecule has 0 heterocycles. The van der Waals surface area contributed by atoms with Crippen LogP contribution in [-0.4, -0.2) is 48.7 Å². The number of carbonyl (C=O) groups is 1. The Bertz CT molecular complexity index is 301. The Hall–Kier alpha value is -0.610. The third-order valence-corrected chi connectivity index (χ3v) is 4.26. The zero-order valence-electron chi connectivity index (χ0n) is 13.9. The van der Waals surface area contributed by atoms with Crippen molar-refractivity contribution in [3.63, 3.8) is 0 Å². The van der Waals surface area contributed by atoms with Crippen molar-refractivity contribution in [3.8, 4) is 0 Å². The molecule has 1 aliphatic rings. The number of ether oxygens (including phenoxy) is 1. The van der Waals surface area contributed by atoms with Crippen LogP contribution in [0.4, 0.5) is 0 Å². The lowest BCUT2D eigenvalue weighted by Gasteiger charge is -2.40. The molecule has 118 valence electrons. The molecule has 1 saturated carbocycles. The summed E-state index contributed by atoms with van der Waals surface area (Å²) in [7, 11) is 1.47. The van der Waals surface area contributed by atoms with Gasteiger partial charge in [-0.15, -0.1) is 0 Å². The molecule has 4 nitrogen and oxygen atoms in total. The van der Waals surface area contributed by atoms with Gasteiger partial charge in [0.05, 0.1) is 7.11 Å². The highest BCUT2D eigenvalue weighted by Crippen LogP contribution is 2.24. The molecule has 0 radical (unpaired) electrons. The normalized spacial score (nSPS) is 20.1. The number of methoxy groups -OCH3 is 1. The topological polar surface area (TPSA) is 41.6 Å². The first-order valence-corrected chi connectivity index (χ1v) is 8.03. The highest BCUT2D eigenvalue weighted by Gasteiger charge is 2.38. The predicted octanol–water partition coefficient (Wildman–Crippen LogP) is 2.57.